The molecule has 0 unspecified atom stereocenters. The number of hydrogen-bond acceptors (Lipinski definition) is 5. The van der Waals surface area contributed by atoms with Gasteiger partial charge in [-0.25, -0.2) is 17.9 Å². The van der Waals surface area contributed by atoms with E-state index in [1.165, 1.54) is 7.11 Å². The molecule has 9 heteroatoms. The molecule has 0 spiro atoms. The van der Waals surface area contributed by atoms with Gasteiger partial charge in [-0.3, -0.25) is 0 Å². The smallest absolute Gasteiger partial charge is 0.339 e. The number of ether oxygens (including phenoxy) is 1. The van der Waals surface area contributed by atoms with Crippen molar-refractivity contribution in [3.05, 3.63) is 22.7 Å². The Bertz CT molecular complexity index is 588. The van der Waals surface area contributed by atoms with Crippen molar-refractivity contribution in [1.29, 1.82) is 0 Å². The standard InChI is InChI=1S/C10H13ClN2O5S/c1-18-9-7(10(14)15)4-6(11)5-8(9)19(16,17)13-3-2-12/h4-5,13H,2-3,12H2,1H3,(H,14,15). The molecule has 0 aliphatic heterocycles. The molecule has 1 rings (SSSR count). The Kier molecular flexibility index (Phi) is 5.12. The number of carboxylic acids is 1. The molecule has 0 aliphatic carbocycles. The van der Waals surface area contributed by atoms with Gasteiger partial charge in [0.15, 0.2) is 5.75 Å². The Hall–Kier alpha value is -1.35. The molecule has 0 saturated heterocycles. The number of benzene rings is 1. The van der Waals surface area contributed by atoms with E-state index < -0.39 is 16.0 Å². The SMILES string of the molecule is COc1c(C(=O)O)cc(Cl)cc1S(=O)(=O)NCCN. The summed E-state index contributed by atoms with van der Waals surface area (Å²) in [5.74, 6) is -1.61. The first kappa shape index (κ1) is 15.7. The molecule has 19 heavy (non-hydrogen) atoms. The largest absolute Gasteiger partial charge is 0.494 e. The van der Waals surface area contributed by atoms with Crippen LogP contribution in [0.4, 0.5) is 0 Å². The zero-order chi connectivity index (χ0) is 14.6. The molecule has 106 valence electrons. The summed E-state index contributed by atoms with van der Waals surface area (Å²) in [6.45, 7) is 0.119. The molecule has 7 nitrogen and oxygen atoms in total. The minimum atomic E-state index is -3.95. The minimum Gasteiger partial charge on any atom is -0.494 e. The van der Waals surface area contributed by atoms with Gasteiger partial charge >= 0.3 is 5.97 Å². The monoisotopic (exact) mass is 308 g/mol. The zero-order valence-corrected chi connectivity index (χ0v) is 11.6. The van der Waals surface area contributed by atoms with E-state index in [1.807, 2.05) is 0 Å². The lowest BCUT2D eigenvalue weighted by molar-refractivity contribution is 0.0693. The van der Waals surface area contributed by atoms with Crippen LogP contribution in [0.2, 0.25) is 5.02 Å². The van der Waals surface area contributed by atoms with Crippen LogP contribution in [0.15, 0.2) is 17.0 Å². The van der Waals surface area contributed by atoms with Crippen LogP contribution in [-0.2, 0) is 10.0 Å². The quantitative estimate of drug-likeness (QED) is 0.694. The van der Waals surface area contributed by atoms with Gasteiger partial charge < -0.3 is 15.6 Å². The number of carbonyl (C=O) groups is 1. The number of sulfonamides is 1. The van der Waals surface area contributed by atoms with Gasteiger partial charge in [0, 0.05) is 18.1 Å². The Balaban J connectivity index is 3.46. The summed E-state index contributed by atoms with van der Waals surface area (Å²) in [6.07, 6.45) is 0. The van der Waals surface area contributed by atoms with Gasteiger partial charge in [-0.2, -0.15) is 0 Å². The van der Waals surface area contributed by atoms with E-state index in [0.29, 0.717) is 0 Å². The molecule has 0 fully saturated rings. The molecule has 0 heterocycles. The van der Waals surface area contributed by atoms with Crippen molar-refractivity contribution >= 4 is 27.6 Å². The first-order valence-electron chi connectivity index (χ1n) is 5.14. The highest BCUT2D eigenvalue weighted by Gasteiger charge is 2.25. The summed E-state index contributed by atoms with van der Waals surface area (Å²) in [6, 6.07) is 2.23. The molecule has 0 saturated carbocycles. The van der Waals surface area contributed by atoms with Gasteiger partial charge in [0.05, 0.1) is 7.11 Å². The first-order chi connectivity index (χ1) is 8.83. The van der Waals surface area contributed by atoms with E-state index in [0.717, 1.165) is 12.1 Å². The summed E-state index contributed by atoms with van der Waals surface area (Å²) in [5, 5.41) is 8.99. The maximum absolute atomic E-state index is 12.0. The van der Waals surface area contributed by atoms with E-state index in [1.54, 1.807) is 0 Å². The van der Waals surface area contributed by atoms with Crippen molar-refractivity contribution in [3.8, 4) is 5.75 Å². The predicted molar refractivity (Wildman–Crippen MR) is 69.2 cm³/mol. The van der Waals surface area contributed by atoms with Crippen molar-refractivity contribution in [3.63, 3.8) is 0 Å². The van der Waals surface area contributed by atoms with E-state index in [9.17, 15) is 13.2 Å². The van der Waals surface area contributed by atoms with Gasteiger partial charge in [-0.1, -0.05) is 11.6 Å². The van der Waals surface area contributed by atoms with Crippen LogP contribution in [0.1, 0.15) is 10.4 Å². The second-order valence-electron chi connectivity index (χ2n) is 3.48. The van der Waals surface area contributed by atoms with Crippen molar-refractivity contribution in [1.82, 2.24) is 4.72 Å². The van der Waals surface area contributed by atoms with Crippen LogP contribution >= 0.6 is 11.6 Å². The van der Waals surface area contributed by atoms with Gasteiger partial charge in [-0.15, -0.1) is 0 Å². The maximum Gasteiger partial charge on any atom is 0.339 e. The molecule has 4 N–H and O–H groups in total. The first-order valence-corrected chi connectivity index (χ1v) is 7.00. The van der Waals surface area contributed by atoms with Crippen molar-refractivity contribution < 1.29 is 23.1 Å². The molecular weight excluding hydrogens is 296 g/mol. The van der Waals surface area contributed by atoms with E-state index in [-0.39, 0.29) is 34.3 Å². The predicted octanol–water partition coefficient (Wildman–Crippen LogP) is 0.284. The van der Waals surface area contributed by atoms with Crippen molar-refractivity contribution in [2.75, 3.05) is 20.2 Å². The number of methoxy groups -OCH3 is 1. The number of carboxylic acid groups (broad SMARTS) is 1. The molecule has 0 bridgehead atoms. The summed E-state index contributed by atoms with van der Waals surface area (Å²) >= 11 is 5.73. The van der Waals surface area contributed by atoms with Crippen molar-refractivity contribution in [2.24, 2.45) is 5.73 Å². The Morgan fingerprint density at radius 2 is 2.16 bits per heavy atom. The molecule has 0 atom stereocenters. The van der Waals surface area contributed by atoms with Crippen LogP contribution in [0.3, 0.4) is 0 Å². The minimum absolute atomic E-state index is 0.0143. The Labute approximate surface area is 115 Å². The second kappa shape index (κ2) is 6.20. The Morgan fingerprint density at radius 1 is 1.53 bits per heavy atom. The molecule has 1 aromatic rings. The number of aromatic carboxylic acids is 1. The Morgan fingerprint density at radius 3 is 2.63 bits per heavy atom. The molecule has 0 radical (unpaired) electrons. The summed E-state index contributed by atoms with van der Waals surface area (Å²) in [5.41, 5.74) is 4.88. The fourth-order valence-corrected chi connectivity index (χ4v) is 2.95. The maximum atomic E-state index is 12.0. The third-order valence-electron chi connectivity index (χ3n) is 2.18. The van der Waals surface area contributed by atoms with Crippen LogP contribution in [0.25, 0.3) is 0 Å². The second-order valence-corrected chi connectivity index (χ2v) is 5.65. The summed E-state index contributed by atoms with van der Waals surface area (Å²) < 4.78 is 31.1. The number of rotatable bonds is 6. The average Bonchev–Trinajstić information content (AvgIpc) is 2.35. The average molecular weight is 309 g/mol. The lowest BCUT2D eigenvalue weighted by Gasteiger charge is -2.13. The number of nitrogens with two attached hydrogens (primary N) is 1. The zero-order valence-electron chi connectivity index (χ0n) is 10.0. The summed E-state index contributed by atoms with van der Waals surface area (Å²) in [7, 11) is -2.77. The number of nitrogens with one attached hydrogen (secondary N) is 1. The number of hydrogen-bond donors (Lipinski definition) is 3. The van der Waals surface area contributed by atoms with Crippen LogP contribution in [0.5, 0.6) is 5.75 Å². The van der Waals surface area contributed by atoms with Crippen LogP contribution in [-0.4, -0.2) is 39.7 Å². The highest BCUT2D eigenvalue weighted by molar-refractivity contribution is 7.89. The van der Waals surface area contributed by atoms with E-state index >= 15 is 0 Å². The normalized spacial score (nSPS) is 11.3. The van der Waals surface area contributed by atoms with Crippen LogP contribution in [0, 0.1) is 0 Å². The fraction of sp³-hybridized carbons (Fsp3) is 0.300. The lowest BCUT2D eigenvalue weighted by atomic mass is 10.2. The number of halogens is 1. The molecule has 1 aromatic carbocycles. The molecule has 0 amide bonds. The molecule has 0 aromatic heterocycles. The third-order valence-corrected chi connectivity index (χ3v) is 3.86. The highest BCUT2D eigenvalue weighted by Crippen LogP contribution is 2.31. The van der Waals surface area contributed by atoms with Gasteiger partial charge in [0.1, 0.15) is 10.5 Å². The topological polar surface area (TPSA) is 119 Å². The van der Waals surface area contributed by atoms with E-state index in [2.05, 4.69) is 4.72 Å². The molecule has 0 aliphatic rings. The summed E-state index contributed by atoms with van der Waals surface area (Å²) in [4.78, 5) is 10.7. The van der Waals surface area contributed by atoms with Gasteiger partial charge in [0.25, 0.3) is 0 Å². The van der Waals surface area contributed by atoms with Gasteiger partial charge in [0.2, 0.25) is 10.0 Å². The lowest BCUT2D eigenvalue weighted by Crippen LogP contribution is -2.29. The van der Waals surface area contributed by atoms with Crippen molar-refractivity contribution in [2.45, 2.75) is 4.90 Å². The van der Waals surface area contributed by atoms with Gasteiger partial charge in [-0.05, 0) is 12.1 Å². The molecular formula is C10H13ClN2O5S. The van der Waals surface area contributed by atoms with E-state index in [4.69, 9.17) is 27.2 Å². The fourth-order valence-electron chi connectivity index (χ4n) is 1.41. The third kappa shape index (κ3) is 3.57. The highest BCUT2D eigenvalue weighted by atomic mass is 35.5. The van der Waals surface area contributed by atoms with Crippen LogP contribution < -0.4 is 15.2 Å².